The monoisotopic (exact) mass is 366 g/mol. The number of carbonyl (C=O) groups excluding carboxylic acids is 2. The molecule has 4 rings (SSSR count). The number of ether oxygens (including phenoxy) is 1. The van der Waals surface area contributed by atoms with E-state index in [4.69, 9.17) is 4.74 Å². The second kappa shape index (κ2) is 7.77. The summed E-state index contributed by atoms with van der Waals surface area (Å²) < 4.78 is 5.37. The van der Waals surface area contributed by atoms with E-state index in [1.807, 2.05) is 54.6 Å². The maximum absolute atomic E-state index is 12.7. The first-order valence-electron chi connectivity index (χ1n) is 9.08. The van der Waals surface area contributed by atoms with Gasteiger partial charge in [-0.2, -0.15) is 0 Å². The number of para-hydroxylation sites is 1. The van der Waals surface area contributed by atoms with Crippen molar-refractivity contribution in [2.45, 2.75) is 12.5 Å². The molecule has 27 heavy (non-hydrogen) atoms. The number of hydrogen-bond donors (Lipinski definition) is 2. The molecule has 0 radical (unpaired) electrons. The second-order valence-corrected chi connectivity index (χ2v) is 6.58. The van der Waals surface area contributed by atoms with Crippen LogP contribution in [0.25, 0.3) is 0 Å². The molecule has 0 aliphatic carbocycles. The third-order valence-electron chi connectivity index (χ3n) is 4.80. The summed E-state index contributed by atoms with van der Waals surface area (Å²) in [6.45, 7) is 3.12. The normalized spacial score (nSPS) is 20.2. The minimum atomic E-state index is -0.586. The standard InChI is InChI=1S/C20H22N4O3/c25-19-14-18(22-21-15-4-2-1-3-5-15)20(26)24(19)17-8-6-16(7-9-17)23-10-12-27-13-11-23/h1-9,18,21-22H,10-14H2/t18-/m1/s1. The van der Waals surface area contributed by atoms with Gasteiger partial charge in [0.2, 0.25) is 5.91 Å². The number of hydrogen-bond acceptors (Lipinski definition) is 6. The van der Waals surface area contributed by atoms with Crippen molar-refractivity contribution in [3.05, 3.63) is 54.6 Å². The number of anilines is 3. The maximum Gasteiger partial charge on any atom is 0.253 e. The average molecular weight is 366 g/mol. The maximum atomic E-state index is 12.7. The largest absolute Gasteiger partial charge is 0.378 e. The van der Waals surface area contributed by atoms with E-state index in [2.05, 4.69) is 15.8 Å². The third-order valence-corrected chi connectivity index (χ3v) is 4.80. The number of morpholine rings is 1. The van der Waals surface area contributed by atoms with Gasteiger partial charge in [-0.1, -0.05) is 18.2 Å². The van der Waals surface area contributed by atoms with Crippen LogP contribution in [0.5, 0.6) is 0 Å². The van der Waals surface area contributed by atoms with Gasteiger partial charge in [0, 0.05) is 24.5 Å². The van der Waals surface area contributed by atoms with Crippen molar-refractivity contribution in [1.82, 2.24) is 5.43 Å². The molecule has 2 N–H and O–H groups in total. The van der Waals surface area contributed by atoms with Crippen LogP contribution in [0.4, 0.5) is 17.1 Å². The Bertz CT molecular complexity index is 804. The summed E-state index contributed by atoms with van der Waals surface area (Å²) in [7, 11) is 0. The zero-order valence-corrected chi connectivity index (χ0v) is 14.9. The van der Waals surface area contributed by atoms with Gasteiger partial charge in [0.1, 0.15) is 6.04 Å². The summed E-state index contributed by atoms with van der Waals surface area (Å²) in [6.07, 6.45) is 0.129. The van der Waals surface area contributed by atoms with Crippen LogP contribution in [0.1, 0.15) is 6.42 Å². The van der Waals surface area contributed by atoms with Crippen LogP contribution >= 0.6 is 0 Å². The lowest BCUT2D eigenvalue weighted by Crippen LogP contribution is -2.41. The van der Waals surface area contributed by atoms with Gasteiger partial charge in [0.15, 0.2) is 0 Å². The van der Waals surface area contributed by atoms with Crippen LogP contribution < -0.4 is 20.7 Å². The van der Waals surface area contributed by atoms with Crippen molar-refractivity contribution in [2.75, 3.05) is 41.5 Å². The van der Waals surface area contributed by atoms with Gasteiger partial charge in [0.25, 0.3) is 5.91 Å². The van der Waals surface area contributed by atoms with Crippen molar-refractivity contribution in [3.8, 4) is 0 Å². The van der Waals surface area contributed by atoms with E-state index in [1.165, 1.54) is 4.90 Å². The Balaban J connectivity index is 1.42. The van der Waals surface area contributed by atoms with E-state index in [9.17, 15) is 9.59 Å². The Morgan fingerprint density at radius 3 is 2.26 bits per heavy atom. The summed E-state index contributed by atoms with van der Waals surface area (Å²) in [5, 5.41) is 0. The molecule has 2 fully saturated rings. The predicted molar refractivity (Wildman–Crippen MR) is 104 cm³/mol. The van der Waals surface area contributed by atoms with Gasteiger partial charge in [-0.25, -0.2) is 10.3 Å². The molecular formula is C20H22N4O3. The molecule has 2 amide bonds. The van der Waals surface area contributed by atoms with E-state index < -0.39 is 6.04 Å². The Morgan fingerprint density at radius 1 is 0.889 bits per heavy atom. The summed E-state index contributed by atoms with van der Waals surface area (Å²) in [5.41, 5.74) is 8.46. The lowest BCUT2D eigenvalue weighted by molar-refractivity contribution is -0.121. The minimum absolute atomic E-state index is 0.129. The van der Waals surface area contributed by atoms with Crippen LogP contribution in [-0.4, -0.2) is 44.2 Å². The van der Waals surface area contributed by atoms with Gasteiger partial charge in [0.05, 0.1) is 25.3 Å². The first kappa shape index (κ1) is 17.5. The number of nitrogens with zero attached hydrogens (tertiary/aromatic N) is 2. The molecule has 2 aromatic rings. The highest BCUT2D eigenvalue weighted by Crippen LogP contribution is 2.26. The fourth-order valence-electron chi connectivity index (χ4n) is 3.34. The molecule has 7 heteroatoms. The molecule has 2 aliphatic rings. The van der Waals surface area contributed by atoms with E-state index in [-0.39, 0.29) is 18.2 Å². The van der Waals surface area contributed by atoms with Crippen LogP contribution in [0.15, 0.2) is 54.6 Å². The van der Waals surface area contributed by atoms with E-state index in [0.29, 0.717) is 18.9 Å². The molecule has 0 bridgehead atoms. The Kier molecular flexibility index (Phi) is 5.04. The lowest BCUT2D eigenvalue weighted by Gasteiger charge is -2.29. The number of hydrazine groups is 1. The lowest BCUT2D eigenvalue weighted by atomic mass is 10.2. The molecule has 7 nitrogen and oxygen atoms in total. The fourth-order valence-corrected chi connectivity index (χ4v) is 3.34. The van der Waals surface area contributed by atoms with Crippen molar-refractivity contribution in [3.63, 3.8) is 0 Å². The summed E-state index contributed by atoms with van der Waals surface area (Å²) in [4.78, 5) is 28.6. The van der Waals surface area contributed by atoms with Crippen LogP contribution in [0.2, 0.25) is 0 Å². The molecular weight excluding hydrogens is 344 g/mol. The minimum Gasteiger partial charge on any atom is -0.378 e. The van der Waals surface area contributed by atoms with Crippen molar-refractivity contribution >= 4 is 28.9 Å². The van der Waals surface area contributed by atoms with Gasteiger partial charge in [-0.3, -0.25) is 9.59 Å². The Labute approximate surface area is 157 Å². The van der Waals surface area contributed by atoms with Crippen molar-refractivity contribution in [2.24, 2.45) is 0 Å². The molecule has 0 unspecified atom stereocenters. The van der Waals surface area contributed by atoms with E-state index >= 15 is 0 Å². The molecule has 2 saturated heterocycles. The highest BCUT2D eigenvalue weighted by molar-refractivity contribution is 6.22. The number of amides is 2. The van der Waals surface area contributed by atoms with Crippen LogP contribution in [0, 0.1) is 0 Å². The van der Waals surface area contributed by atoms with Crippen LogP contribution in [-0.2, 0) is 14.3 Å². The van der Waals surface area contributed by atoms with Gasteiger partial charge in [-0.15, -0.1) is 0 Å². The average Bonchev–Trinajstić information content (AvgIpc) is 3.01. The quantitative estimate of drug-likeness (QED) is 0.621. The third kappa shape index (κ3) is 3.79. The van der Waals surface area contributed by atoms with Crippen molar-refractivity contribution in [1.29, 1.82) is 0 Å². The SMILES string of the molecule is O=C1C[C@@H](NNc2ccccc2)C(=O)N1c1ccc(N2CCOCC2)cc1. The molecule has 0 saturated carbocycles. The molecule has 140 valence electrons. The van der Waals surface area contributed by atoms with Crippen molar-refractivity contribution < 1.29 is 14.3 Å². The molecule has 2 heterocycles. The Hall–Kier alpha value is -2.90. The van der Waals surface area contributed by atoms with E-state index in [0.717, 1.165) is 24.5 Å². The van der Waals surface area contributed by atoms with Gasteiger partial charge < -0.3 is 15.1 Å². The summed E-state index contributed by atoms with van der Waals surface area (Å²) >= 11 is 0. The fraction of sp³-hybridized carbons (Fsp3) is 0.300. The number of rotatable bonds is 5. The highest BCUT2D eigenvalue weighted by Gasteiger charge is 2.39. The highest BCUT2D eigenvalue weighted by atomic mass is 16.5. The second-order valence-electron chi connectivity index (χ2n) is 6.58. The smallest absolute Gasteiger partial charge is 0.253 e. The Morgan fingerprint density at radius 2 is 1.56 bits per heavy atom. The summed E-state index contributed by atoms with van der Waals surface area (Å²) in [5.74, 6) is -0.450. The molecule has 0 aromatic heterocycles. The first-order valence-corrected chi connectivity index (χ1v) is 9.08. The number of benzene rings is 2. The van der Waals surface area contributed by atoms with Gasteiger partial charge >= 0.3 is 0 Å². The molecule has 2 aromatic carbocycles. The zero-order chi connectivity index (χ0) is 18.6. The zero-order valence-electron chi connectivity index (χ0n) is 14.9. The predicted octanol–water partition coefficient (Wildman–Crippen LogP) is 1.77. The number of imide groups is 1. The molecule has 1 atom stereocenters. The molecule has 0 spiro atoms. The van der Waals surface area contributed by atoms with E-state index in [1.54, 1.807) is 0 Å². The van der Waals surface area contributed by atoms with Crippen LogP contribution in [0.3, 0.4) is 0 Å². The first-order chi connectivity index (χ1) is 13.2. The topological polar surface area (TPSA) is 73.9 Å². The number of nitrogens with one attached hydrogen (secondary N) is 2. The number of carbonyl (C=O) groups is 2. The summed E-state index contributed by atoms with van der Waals surface area (Å²) in [6, 6.07) is 16.4. The molecule has 2 aliphatic heterocycles. The van der Waals surface area contributed by atoms with Gasteiger partial charge in [-0.05, 0) is 36.4 Å².